The predicted molar refractivity (Wildman–Crippen MR) is 112 cm³/mol. The van der Waals surface area contributed by atoms with Crippen molar-refractivity contribution in [1.29, 1.82) is 0 Å². The third kappa shape index (κ3) is 3.00. The maximum Gasteiger partial charge on any atom is 0.264 e. The van der Waals surface area contributed by atoms with Gasteiger partial charge in [0.05, 0.1) is 11.4 Å². The van der Waals surface area contributed by atoms with Gasteiger partial charge in [-0.05, 0) is 36.8 Å². The Kier molecular flexibility index (Phi) is 4.91. The second-order valence-electron chi connectivity index (χ2n) is 7.13. The molecule has 1 aliphatic heterocycles. The van der Waals surface area contributed by atoms with Crippen LogP contribution in [-0.4, -0.2) is 18.9 Å². The number of para-hydroxylation sites is 2. The molecule has 4 rings (SSSR count). The largest absolute Gasteiger partial charge is 0.375 e. The minimum Gasteiger partial charge on any atom is -0.375 e. The monoisotopic (exact) mass is 386 g/mol. The third-order valence-corrected chi connectivity index (χ3v) is 5.34. The predicted octanol–water partition coefficient (Wildman–Crippen LogP) is 4.38. The van der Waals surface area contributed by atoms with Crippen molar-refractivity contribution in [2.24, 2.45) is 5.41 Å². The molecular formula is C24H22N2O3. The standard InChI is InChI=1S/C24H22N2O3/c1-24(21(29-2)18-12-6-3-7-13-18)22(27)25(19-14-8-4-9-15-19)26(23(24)28)20-16-10-5-11-17-20/h3-17,21H,1-2H3. The lowest BCUT2D eigenvalue weighted by atomic mass is 9.79. The Labute approximate surface area is 170 Å². The number of amides is 2. The molecular weight excluding hydrogens is 364 g/mol. The van der Waals surface area contributed by atoms with Gasteiger partial charge in [-0.25, -0.2) is 10.0 Å². The number of nitrogens with zero attached hydrogens (tertiary/aromatic N) is 2. The summed E-state index contributed by atoms with van der Waals surface area (Å²) in [4.78, 5) is 27.6. The van der Waals surface area contributed by atoms with Crippen molar-refractivity contribution < 1.29 is 14.3 Å². The molecule has 3 aromatic rings. The zero-order valence-corrected chi connectivity index (χ0v) is 16.4. The molecule has 0 N–H and O–H groups in total. The number of hydrazine groups is 1. The Hall–Kier alpha value is -3.44. The quantitative estimate of drug-likeness (QED) is 0.612. The summed E-state index contributed by atoms with van der Waals surface area (Å²) in [5.41, 5.74) is 0.617. The third-order valence-electron chi connectivity index (χ3n) is 5.34. The maximum atomic E-state index is 13.8. The lowest BCUT2D eigenvalue weighted by Crippen LogP contribution is -2.41. The number of carbonyl (C=O) groups is 2. The summed E-state index contributed by atoms with van der Waals surface area (Å²) >= 11 is 0. The molecule has 1 atom stereocenters. The van der Waals surface area contributed by atoms with E-state index in [0.717, 1.165) is 5.56 Å². The first-order valence-corrected chi connectivity index (χ1v) is 9.46. The van der Waals surface area contributed by atoms with E-state index in [1.54, 1.807) is 6.92 Å². The summed E-state index contributed by atoms with van der Waals surface area (Å²) in [6.07, 6.45) is -0.719. The van der Waals surface area contributed by atoms with Crippen LogP contribution >= 0.6 is 0 Å². The SMILES string of the molecule is COC(c1ccccc1)C1(C)C(=O)N(c2ccccc2)N(c2ccccc2)C1=O. The van der Waals surface area contributed by atoms with Crippen LogP contribution in [0.1, 0.15) is 18.6 Å². The molecule has 146 valence electrons. The molecule has 0 spiro atoms. The Balaban J connectivity index is 1.88. The van der Waals surface area contributed by atoms with Crippen molar-refractivity contribution in [2.75, 3.05) is 17.1 Å². The van der Waals surface area contributed by atoms with Crippen LogP contribution in [0.15, 0.2) is 91.0 Å². The van der Waals surface area contributed by atoms with Crippen LogP contribution in [0.3, 0.4) is 0 Å². The van der Waals surface area contributed by atoms with E-state index in [1.165, 1.54) is 17.1 Å². The maximum absolute atomic E-state index is 13.8. The number of carbonyl (C=O) groups excluding carboxylic acids is 2. The van der Waals surface area contributed by atoms with Gasteiger partial charge in [0.2, 0.25) is 0 Å². The summed E-state index contributed by atoms with van der Waals surface area (Å²) in [5.74, 6) is -0.651. The number of ether oxygens (including phenoxy) is 1. The van der Waals surface area contributed by atoms with E-state index in [1.807, 2.05) is 91.0 Å². The van der Waals surface area contributed by atoms with E-state index in [0.29, 0.717) is 11.4 Å². The van der Waals surface area contributed by atoms with Gasteiger partial charge in [0.15, 0.2) is 5.41 Å². The summed E-state index contributed by atoms with van der Waals surface area (Å²) in [6.45, 7) is 1.66. The van der Waals surface area contributed by atoms with Gasteiger partial charge < -0.3 is 4.74 Å². The fourth-order valence-corrected chi connectivity index (χ4v) is 3.87. The highest BCUT2D eigenvalue weighted by atomic mass is 16.5. The van der Waals surface area contributed by atoms with Crippen molar-refractivity contribution in [3.63, 3.8) is 0 Å². The van der Waals surface area contributed by atoms with Crippen LogP contribution in [-0.2, 0) is 14.3 Å². The summed E-state index contributed by atoms with van der Waals surface area (Å²) in [6, 6.07) is 27.8. The van der Waals surface area contributed by atoms with Crippen LogP contribution < -0.4 is 10.0 Å². The molecule has 2 amide bonds. The molecule has 0 radical (unpaired) electrons. The highest BCUT2D eigenvalue weighted by molar-refractivity contribution is 6.26. The zero-order valence-electron chi connectivity index (χ0n) is 16.4. The average molecular weight is 386 g/mol. The van der Waals surface area contributed by atoms with Gasteiger partial charge in [-0.2, -0.15) is 0 Å². The summed E-state index contributed by atoms with van der Waals surface area (Å²) in [5, 5.41) is 2.90. The van der Waals surface area contributed by atoms with Gasteiger partial charge in [0.1, 0.15) is 6.10 Å². The highest BCUT2D eigenvalue weighted by Crippen LogP contribution is 2.47. The highest BCUT2D eigenvalue weighted by Gasteiger charge is 2.61. The minimum atomic E-state index is -1.41. The van der Waals surface area contributed by atoms with Crippen LogP contribution in [0.5, 0.6) is 0 Å². The van der Waals surface area contributed by atoms with E-state index < -0.39 is 11.5 Å². The summed E-state index contributed by atoms with van der Waals surface area (Å²) in [7, 11) is 1.53. The number of rotatable bonds is 5. The van der Waals surface area contributed by atoms with Gasteiger partial charge in [-0.15, -0.1) is 0 Å². The molecule has 0 saturated carbocycles. The number of hydrogen-bond donors (Lipinski definition) is 0. The zero-order chi connectivity index (χ0) is 20.4. The van der Waals surface area contributed by atoms with E-state index >= 15 is 0 Å². The van der Waals surface area contributed by atoms with Crippen molar-refractivity contribution >= 4 is 23.2 Å². The topological polar surface area (TPSA) is 49.9 Å². The number of methoxy groups -OCH3 is 1. The lowest BCUT2D eigenvalue weighted by molar-refractivity contribution is -0.143. The molecule has 1 saturated heterocycles. The minimum absolute atomic E-state index is 0.326. The van der Waals surface area contributed by atoms with Crippen LogP contribution in [0.2, 0.25) is 0 Å². The van der Waals surface area contributed by atoms with E-state index in [9.17, 15) is 9.59 Å². The molecule has 0 aliphatic carbocycles. The second kappa shape index (κ2) is 7.53. The Bertz CT molecular complexity index is 949. The van der Waals surface area contributed by atoms with Crippen molar-refractivity contribution in [3.05, 3.63) is 96.6 Å². The normalized spacial score (nSPS) is 16.9. The fraction of sp³-hybridized carbons (Fsp3) is 0.167. The van der Waals surface area contributed by atoms with E-state index in [2.05, 4.69) is 0 Å². The molecule has 1 heterocycles. The van der Waals surface area contributed by atoms with E-state index in [4.69, 9.17) is 4.74 Å². The van der Waals surface area contributed by atoms with Crippen molar-refractivity contribution in [3.8, 4) is 0 Å². The smallest absolute Gasteiger partial charge is 0.264 e. The molecule has 1 aliphatic rings. The molecule has 0 aromatic heterocycles. The van der Waals surface area contributed by atoms with Gasteiger partial charge in [0.25, 0.3) is 11.8 Å². The fourth-order valence-electron chi connectivity index (χ4n) is 3.87. The molecule has 1 unspecified atom stereocenters. The first-order chi connectivity index (χ1) is 14.1. The van der Waals surface area contributed by atoms with Crippen molar-refractivity contribution in [2.45, 2.75) is 13.0 Å². The summed E-state index contributed by atoms with van der Waals surface area (Å²) < 4.78 is 5.74. The molecule has 1 fully saturated rings. The molecule has 0 bridgehead atoms. The number of anilines is 2. The van der Waals surface area contributed by atoms with Crippen LogP contribution in [0.25, 0.3) is 0 Å². The van der Waals surface area contributed by atoms with Crippen LogP contribution in [0.4, 0.5) is 11.4 Å². The van der Waals surface area contributed by atoms with Crippen LogP contribution in [0, 0.1) is 5.41 Å². The molecule has 3 aromatic carbocycles. The molecule has 29 heavy (non-hydrogen) atoms. The number of hydrogen-bond acceptors (Lipinski definition) is 3. The first kappa shape index (κ1) is 18.9. The first-order valence-electron chi connectivity index (χ1n) is 9.46. The average Bonchev–Trinajstić information content (AvgIpc) is 2.98. The van der Waals surface area contributed by atoms with Gasteiger partial charge in [-0.3, -0.25) is 9.59 Å². The second-order valence-corrected chi connectivity index (χ2v) is 7.13. The molecule has 5 nitrogen and oxygen atoms in total. The Morgan fingerprint density at radius 1 is 0.690 bits per heavy atom. The van der Waals surface area contributed by atoms with Gasteiger partial charge in [0, 0.05) is 7.11 Å². The lowest BCUT2D eigenvalue weighted by Gasteiger charge is -2.28. The molecule has 5 heteroatoms. The van der Waals surface area contributed by atoms with E-state index in [-0.39, 0.29) is 11.8 Å². The Morgan fingerprint density at radius 3 is 1.45 bits per heavy atom. The van der Waals surface area contributed by atoms with Crippen molar-refractivity contribution in [1.82, 2.24) is 0 Å². The Morgan fingerprint density at radius 2 is 1.07 bits per heavy atom. The van der Waals surface area contributed by atoms with Gasteiger partial charge in [-0.1, -0.05) is 66.7 Å². The number of benzene rings is 3. The van der Waals surface area contributed by atoms with Gasteiger partial charge >= 0.3 is 0 Å².